The summed E-state index contributed by atoms with van der Waals surface area (Å²) < 4.78 is 13.9. The molecule has 0 unspecified atom stereocenters. The first-order valence-corrected chi connectivity index (χ1v) is 7.06. The van der Waals surface area contributed by atoms with E-state index < -0.39 is 0 Å². The van der Waals surface area contributed by atoms with E-state index >= 15 is 0 Å². The SMILES string of the molecule is Cc1cc(F)ccc1-c1nc(Cl)c(Br)c(C(C)C)n1. The molecule has 0 amide bonds. The van der Waals surface area contributed by atoms with Crippen molar-refractivity contribution in [2.24, 2.45) is 0 Å². The van der Waals surface area contributed by atoms with Gasteiger partial charge >= 0.3 is 0 Å². The van der Waals surface area contributed by atoms with E-state index in [0.29, 0.717) is 15.5 Å². The molecular formula is C14H13BrClFN2. The second-order valence-corrected chi connectivity index (χ2v) is 5.80. The predicted octanol–water partition coefficient (Wildman–Crippen LogP) is 5.13. The van der Waals surface area contributed by atoms with Crippen molar-refractivity contribution in [3.05, 3.63) is 44.9 Å². The minimum Gasteiger partial charge on any atom is -0.232 e. The summed E-state index contributed by atoms with van der Waals surface area (Å²) in [7, 11) is 0. The van der Waals surface area contributed by atoms with Crippen molar-refractivity contribution in [1.82, 2.24) is 9.97 Å². The molecule has 0 N–H and O–H groups in total. The third-order valence-electron chi connectivity index (χ3n) is 2.81. The van der Waals surface area contributed by atoms with Crippen molar-refractivity contribution in [2.45, 2.75) is 26.7 Å². The van der Waals surface area contributed by atoms with Gasteiger partial charge in [0.1, 0.15) is 11.0 Å². The van der Waals surface area contributed by atoms with Gasteiger partial charge in [0.15, 0.2) is 5.82 Å². The molecule has 0 aliphatic heterocycles. The number of aromatic nitrogens is 2. The Balaban J connectivity index is 2.63. The average Bonchev–Trinajstić information content (AvgIpc) is 2.32. The van der Waals surface area contributed by atoms with Crippen LogP contribution in [0.2, 0.25) is 5.15 Å². The molecule has 0 saturated carbocycles. The molecule has 1 heterocycles. The largest absolute Gasteiger partial charge is 0.232 e. The van der Waals surface area contributed by atoms with E-state index in [4.69, 9.17) is 11.6 Å². The highest BCUT2D eigenvalue weighted by atomic mass is 79.9. The number of aryl methyl sites for hydroxylation is 1. The van der Waals surface area contributed by atoms with E-state index in [2.05, 4.69) is 25.9 Å². The number of benzene rings is 1. The van der Waals surface area contributed by atoms with Crippen LogP contribution in [0.15, 0.2) is 22.7 Å². The van der Waals surface area contributed by atoms with Gasteiger partial charge in [-0.3, -0.25) is 0 Å². The Morgan fingerprint density at radius 1 is 1.26 bits per heavy atom. The fourth-order valence-corrected chi connectivity index (χ4v) is 2.63. The summed E-state index contributed by atoms with van der Waals surface area (Å²) in [6, 6.07) is 4.54. The van der Waals surface area contributed by atoms with Crippen molar-refractivity contribution in [3.63, 3.8) is 0 Å². The van der Waals surface area contributed by atoms with E-state index in [1.807, 2.05) is 20.8 Å². The summed E-state index contributed by atoms with van der Waals surface area (Å²) in [5.74, 6) is 0.470. The van der Waals surface area contributed by atoms with E-state index in [-0.39, 0.29) is 11.7 Å². The van der Waals surface area contributed by atoms with E-state index in [0.717, 1.165) is 16.8 Å². The summed E-state index contributed by atoms with van der Waals surface area (Å²) >= 11 is 9.53. The highest BCUT2D eigenvalue weighted by Crippen LogP contribution is 2.31. The molecule has 0 aliphatic rings. The quantitative estimate of drug-likeness (QED) is 0.706. The smallest absolute Gasteiger partial charge is 0.161 e. The molecule has 5 heteroatoms. The Hall–Kier alpha value is -1.00. The van der Waals surface area contributed by atoms with Crippen molar-refractivity contribution >= 4 is 27.5 Å². The Morgan fingerprint density at radius 2 is 1.95 bits per heavy atom. The third-order valence-corrected chi connectivity index (χ3v) is 4.10. The summed E-state index contributed by atoms with van der Waals surface area (Å²) in [4.78, 5) is 8.79. The lowest BCUT2D eigenvalue weighted by Gasteiger charge is -2.12. The van der Waals surface area contributed by atoms with Crippen molar-refractivity contribution in [1.29, 1.82) is 0 Å². The molecule has 1 aromatic carbocycles. The van der Waals surface area contributed by atoms with Crippen LogP contribution in [0.5, 0.6) is 0 Å². The van der Waals surface area contributed by atoms with Crippen molar-refractivity contribution in [3.8, 4) is 11.4 Å². The average molecular weight is 344 g/mol. The van der Waals surface area contributed by atoms with E-state index in [1.54, 1.807) is 6.07 Å². The minimum atomic E-state index is -0.270. The van der Waals surface area contributed by atoms with Crippen LogP contribution in [-0.4, -0.2) is 9.97 Å². The zero-order valence-electron chi connectivity index (χ0n) is 10.8. The first-order valence-electron chi connectivity index (χ1n) is 5.89. The molecule has 2 aromatic rings. The lowest BCUT2D eigenvalue weighted by molar-refractivity contribution is 0.627. The van der Waals surface area contributed by atoms with Crippen molar-refractivity contribution < 1.29 is 4.39 Å². The second-order valence-electron chi connectivity index (χ2n) is 4.65. The zero-order chi connectivity index (χ0) is 14.2. The molecule has 0 saturated heterocycles. The standard InChI is InChI=1S/C14H13BrClFN2/c1-7(2)12-11(15)13(16)19-14(18-12)10-5-4-9(17)6-8(10)3/h4-7H,1-3H3. The Kier molecular flexibility index (Phi) is 4.21. The highest BCUT2D eigenvalue weighted by Gasteiger charge is 2.15. The predicted molar refractivity (Wildman–Crippen MR) is 79.0 cm³/mol. The van der Waals surface area contributed by atoms with Gasteiger partial charge < -0.3 is 0 Å². The molecule has 0 fully saturated rings. The maximum atomic E-state index is 13.1. The summed E-state index contributed by atoms with van der Waals surface area (Å²) in [5.41, 5.74) is 2.42. The van der Waals surface area contributed by atoms with Gasteiger partial charge in [0, 0.05) is 5.56 Å². The normalized spacial score (nSPS) is 11.1. The molecule has 0 radical (unpaired) electrons. The molecule has 19 heavy (non-hydrogen) atoms. The molecule has 2 rings (SSSR count). The van der Waals surface area contributed by atoms with Crippen LogP contribution in [0.25, 0.3) is 11.4 Å². The fraction of sp³-hybridized carbons (Fsp3) is 0.286. The molecule has 2 nitrogen and oxygen atoms in total. The number of hydrogen-bond donors (Lipinski definition) is 0. The first-order chi connectivity index (χ1) is 8.90. The summed E-state index contributed by atoms with van der Waals surface area (Å²) in [6.07, 6.45) is 0. The topological polar surface area (TPSA) is 25.8 Å². The lowest BCUT2D eigenvalue weighted by Crippen LogP contribution is -2.01. The molecule has 100 valence electrons. The van der Waals surface area contributed by atoms with Crippen LogP contribution in [0.4, 0.5) is 4.39 Å². The van der Waals surface area contributed by atoms with Gasteiger partial charge in [-0.05, 0) is 52.5 Å². The lowest BCUT2D eigenvalue weighted by atomic mass is 10.1. The van der Waals surface area contributed by atoms with E-state index in [9.17, 15) is 4.39 Å². The van der Waals surface area contributed by atoms with Crippen LogP contribution in [0.3, 0.4) is 0 Å². The molecule has 1 aromatic heterocycles. The van der Waals surface area contributed by atoms with Gasteiger partial charge in [-0.1, -0.05) is 25.4 Å². The summed E-state index contributed by atoms with van der Waals surface area (Å²) in [5, 5.41) is 0.373. The van der Waals surface area contributed by atoms with Gasteiger partial charge in [-0.2, -0.15) is 0 Å². The number of halogens is 3. The summed E-state index contributed by atoms with van der Waals surface area (Å²) in [6.45, 7) is 5.89. The minimum absolute atomic E-state index is 0.217. The third kappa shape index (κ3) is 2.95. The number of nitrogens with zero attached hydrogens (tertiary/aromatic N) is 2. The molecule has 0 spiro atoms. The number of rotatable bonds is 2. The van der Waals surface area contributed by atoms with Crippen molar-refractivity contribution in [2.75, 3.05) is 0 Å². The fourth-order valence-electron chi connectivity index (χ4n) is 1.82. The second kappa shape index (κ2) is 5.55. The molecule has 0 aliphatic carbocycles. The Morgan fingerprint density at radius 3 is 2.53 bits per heavy atom. The molecule has 0 atom stereocenters. The van der Waals surface area contributed by atoms with Crippen LogP contribution < -0.4 is 0 Å². The maximum absolute atomic E-state index is 13.1. The molecule has 0 bridgehead atoms. The Bertz CT molecular complexity index is 629. The Labute approximate surface area is 125 Å². The number of hydrogen-bond acceptors (Lipinski definition) is 2. The van der Waals surface area contributed by atoms with Crippen LogP contribution >= 0.6 is 27.5 Å². The van der Waals surface area contributed by atoms with E-state index in [1.165, 1.54) is 12.1 Å². The first kappa shape index (κ1) is 14.4. The zero-order valence-corrected chi connectivity index (χ0v) is 13.2. The van der Waals surface area contributed by atoms with Gasteiger partial charge in [-0.25, -0.2) is 14.4 Å². The van der Waals surface area contributed by atoms with Crippen LogP contribution in [-0.2, 0) is 0 Å². The van der Waals surface area contributed by atoms with Crippen LogP contribution in [0.1, 0.15) is 31.0 Å². The van der Waals surface area contributed by atoms with Gasteiger partial charge in [0.2, 0.25) is 0 Å². The van der Waals surface area contributed by atoms with Crippen LogP contribution in [0, 0.1) is 12.7 Å². The van der Waals surface area contributed by atoms with Gasteiger partial charge in [0.05, 0.1) is 10.2 Å². The monoisotopic (exact) mass is 342 g/mol. The van der Waals surface area contributed by atoms with Gasteiger partial charge in [-0.15, -0.1) is 0 Å². The van der Waals surface area contributed by atoms with Gasteiger partial charge in [0.25, 0.3) is 0 Å². The highest BCUT2D eigenvalue weighted by molar-refractivity contribution is 9.10. The molecular weight excluding hydrogens is 331 g/mol. The maximum Gasteiger partial charge on any atom is 0.161 e.